The number of hydrogen-bond acceptors (Lipinski definition) is 2. The molecule has 0 aromatic heterocycles. The van der Waals surface area contributed by atoms with Crippen LogP contribution in [0.5, 0.6) is 0 Å². The minimum Gasteiger partial charge on any atom is -0.373 e. The molecule has 1 saturated carbocycles. The molecule has 1 aliphatic carbocycles. The minimum absolute atomic E-state index is 0.0358. The second-order valence-electron chi connectivity index (χ2n) is 6.03. The minimum atomic E-state index is -0.0358. The molecule has 0 radical (unpaired) electrons. The third-order valence-corrected chi connectivity index (χ3v) is 4.80. The summed E-state index contributed by atoms with van der Waals surface area (Å²) in [7, 11) is 2.05. The number of hydrogen-bond donors (Lipinski definition) is 1. The van der Waals surface area contributed by atoms with Gasteiger partial charge in [-0.3, -0.25) is 0 Å². The van der Waals surface area contributed by atoms with E-state index in [1.165, 1.54) is 29.2 Å². The highest BCUT2D eigenvalue weighted by atomic mass is 16.5. The molecular formula is C19H25NO. The Balaban J connectivity index is 2.00. The van der Waals surface area contributed by atoms with Crippen molar-refractivity contribution in [2.45, 2.75) is 44.2 Å². The molecule has 112 valence electrons. The lowest BCUT2D eigenvalue weighted by atomic mass is 9.86. The van der Waals surface area contributed by atoms with Crippen molar-refractivity contribution < 1.29 is 4.74 Å². The molecule has 3 rings (SSSR count). The van der Waals surface area contributed by atoms with Crippen LogP contribution >= 0.6 is 0 Å². The van der Waals surface area contributed by atoms with Crippen molar-refractivity contribution >= 4 is 10.8 Å². The fourth-order valence-electron chi connectivity index (χ4n) is 3.90. The van der Waals surface area contributed by atoms with Gasteiger partial charge in [-0.1, -0.05) is 49.2 Å². The van der Waals surface area contributed by atoms with Crippen molar-refractivity contribution in [3.8, 4) is 0 Å². The Morgan fingerprint density at radius 3 is 2.48 bits per heavy atom. The average Bonchev–Trinajstić information content (AvgIpc) is 2.97. The molecule has 1 N–H and O–H groups in total. The summed E-state index contributed by atoms with van der Waals surface area (Å²) in [5, 5.41) is 6.13. The fraction of sp³-hybridized carbons (Fsp3) is 0.474. The fourth-order valence-corrected chi connectivity index (χ4v) is 3.90. The number of likely N-dealkylation sites (N-methyl/N-ethyl adjacent to an activating group) is 1. The van der Waals surface area contributed by atoms with E-state index in [9.17, 15) is 0 Å². The summed E-state index contributed by atoms with van der Waals surface area (Å²) in [6.45, 7) is 2.89. The second-order valence-corrected chi connectivity index (χ2v) is 6.03. The van der Waals surface area contributed by atoms with E-state index in [-0.39, 0.29) is 11.6 Å². The van der Waals surface area contributed by atoms with Crippen LogP contribution in [0.4, 0.5) is 0 Å². The standard InChI is InChI=1S/C19H25NO/c1-3-21-19(12-6-7-13-19)18(20-2)17-11-10-15-8-4-5-9-16(15)14-17/h4-5,8-11,14,18,20H,3,6-7,12-13H2,1-2H3. The molecule has 1 unspecified atom stereocenters. The molecule has 0 bridgehead atoms. The lowest BCUT2D eigenvalue weighted by molar-refractivity contribution is -0.0610. The zero-order valence-electron chi connectivity index (χ0n) is 13.1. The predicted molar refractivity (Wildman–Crippen MR) is 88.6 cm³/mol. The highest BCUT2D eigenvalue weighted by Gasteiger charge is 2.42. The largest absolute Gasteiger partial charge is 0.373 e. The molecule has 1 aliphatic rings. The van der Waals surface area contributed by atoms with E-state index in [1.807, 2.05) is 0 Å². The molecule has 0 spiro atoms. The first-order chi connectivity index (χ1) is 10.3. The van der Waals surface area contributed by atoms with Crippen molar-refractivity contribution in [3.05, 3.63) is 48.0 Å². The van der Waals surface area contributed by atoms with E-state index >= 15 is 0 Å². The van der Waals surface area contributed by atoms with Crippen LogP contribution in [-0.4, -0.2) is 19.3 Å². The molecule has 0 amide bonds. The Kier molecular flexibility index (Phi) is 4.27. The number of nitrogens with one attached hydrogen (secondary N) is 1. The molecule has 0 aliphatic heterocycles. The zero-order chi connectivity index (χ0) is 14.7. The monoisotopic (exact) mass is 283 g/mol. The Bertz CT molecular complexity index is 601. The van der Waals surface area contributed by atoms with Crippen LogP contribution in [0, 0.1) is 0 Å². The van der Waals surface area contributed by atoms with Gasteiger partial charge in [0.15, 0.2) is 0 Å². The normalized spacial score (nSPS) is 19.0. The van der Waals surface area contributed by atoms with E-state index in [0.29, 0.717) is 0 Å². The zero-order valence-corrected chi connectivity index (χ0v) is 13.1. The molecule has 1 fully saturated rings. The SMILES string of the molecule is CCOC1(C(NC)c2ccc3ccccc3c2)CCCC1. The van der Waals surface area contributed by atoms with Gasteiger partial charge in [0.1, 0.15) is 0 Å². The van der Waals surface area contributed by atoms with Gasteiger partial charge >= 0.3 is 0 Å². The van der Waals surface area contributed by atoms with E-state index in [1.54, 1.807) is 0 Å². The third kappa shape index (κ3) is 2.70. The summed E-state index contributed by atoms with van der Waals surface area (Å²) in [6.07, 6.45) is 4.84. The van der Waals surface area contributed by atoms with Gasteiger partial charge < -0.3 is 10.1 Å². The lowest BCUT2D eigenvalue weighted by Gasteiger charge is -2.37. The highest BCUT2D eigenvalue weighted by Crippen LogP contribution is 2.43. The number of ether oxygens (including phenoxy) is 1. The first-order valence-electron chi connectivity index (χ1n) is 8.09. The maximum atomic E-state index is 6.25. The summed E-state index contributed by atoms with van der Waals surface area (Å²) in [5.74, 6) is 0. The van der Waals surface area contributed by atoms with Crippen molar-refractivity contribution in [2.75, 3.05) is 13.7 Å². The Morgan fingerprint density at radius 1 is 1.10 bits per heavy atom. The molecule has 1 atom stereocenters. The van der Waals surface area contributed by atoms with Crippen molar-refractivity contribution in [1.82, 2.24) is 5.32 Å². The van der Waals surface area contributed by atoms with Crippen molar-refractivity contribution in [3.63, 3.8) is 0 Å². The van der Waals surface area contributed by atoms with E-state index in [4.69, 9.17) is 4.74 Å². The quantitative estimate of drug-likeness (QED) is 0.875. The number of fused-ring (bicyclic) bond motifs is 1. The first kappa shape index (κ1) is 14.6. The summed E-state index contributed by atoms with van der Waals surface area (Å²) < 4.78 is 6.25. The van der Waals surface area contributed by atoms with Gasteiger partial charge in [-0.25, -0.2) is 0 Å². The predicted octanol–water partition coefficient (Wildman–Crippen LogP) is 4.45. The molecule has 2 nitrogen and oxygen atoms in total. The number of benzene rings is 2. The summed E-state index contributed by atoms with van der Waals surface area (Å²) in [5.41, 5.74) is 1.30. The molecular weight excluding hydrogens is 258 g/mol. The third-order valence-electron chi connectivity index (χ3n) is 4.80. The lowest BCUT2D eigenvalue weighted by Crippen LogP contribution is -2.43. The summed E-state index contributed by atoms with van der Waals surface area (Å²) in [6, 6.07) is 15.6. The van der Waals surface area contributed by atoms with Crippen LogP contribution in [0.15, 0.2) is 42.5 Å². The van der Waals surface area contributed by atoms with E-state index in [0.717, 1.165) is 19.4 Å². The van der Waals surface area contributed by atoms with Crippen molar-refractivity contribution in [2.24, 2.45) is 0 Å². The van der Waals surface area contributed by atoms with Crippen LogP contribution in [-0.2, 0) is 4.74 Å². The van der Waals surface area contributed by atoms with Gasteiger partial charge in [0.25, 0.3) is 0 Å². The Labute approximate surface area is 127 Å². The van der Waals surface area contributed by atoms with Gasteiger partial charge in [-0.05, 0) is 49.2 Å². The van der Waals surface area contributed by atoms with Crippen molar-refractivity contribution in [1.29, 1.82) is 0 Å². The van der Waals surface area contributed by atoms with Crippen LogP contribution in [0.25, 0.3) is 10.8 Å². The highest BCUT2D eigenvalue weighted by molar-refractivity contribution is 5.83. The maximum Gasteiger partial charge on any atom is 0.0876 e. The van der Waals surface area contributed by atoms with Gasteiger partial charge in [-0.2, -0.15) is 0 Å². The second kappa shape index (κ2) is 6.17. The smallest absolute Gasteiger partial charge is 0.0876 e. The summed E-state index contributed by atoms with van der Waals surface area (Å²) >= 11 is 0. The van der Waals surface area contributed by atoms with Gasteiger partial charge in [0.05, 0.1) is 11.6 Å². The van der Waals surface area contributed by atoms with Gasteiger partial charge in [0, 0.05) is 6.61 Å². The van der Waals surface area contributed by atoms with Crippen LogP contribution < -0.4 is 5.32 Å². The first-order valence-corrected chi connectivity index (χ1v) is 8.09. The molecule has 2 aromatic carbocycles. The van der Waals surface area contributed by atoms with Gasteiger partial charge in [0.2, 0.25) is 0 Å². The molecule has 0 saturated heterocycles. The Hall–Kier alpha value is -1.38. The van der Waals surface area contributed by atoms with Gasteiger partial charge in [-0.15, -0.1) is 0 Å². The van der Waals surface area contributed by atoms with E-state index < -0.39 is 0 Å². The topological polar surface area (TPSA) is 21.3 Å². The van der Waals surface area contributed by atoms with Crippen LogP contribution in [0.3, 0.4) is 0 Å². The van der Waals surface area contributed by atoms with Crippen LogP contribution in [0.1, 0.15) is 44.2 Å². The molecule has 2 aromatic rings. The molecule has 2 heteroatoms. The van der Waals surface area contributed by atoms with E-state index in [2.05, 4.69) is 61.8 Å². The average molecular weight is 283 g/mol. The van der Waals surface area contributed by atoms with Crippen LogP contribution in [0.2, 0.25) is 0 Å². The molecule has 0 heterocycles. The maximum absolute atomic E-state index is 6.25. The molecule has 21 heavy (non-hydrogen) atoms. The Morgan fingerprint density at radius 2 is 1.81 bits per heavy atom. The number of rotatable bonds is 5. The summed E-state index contributed by atoms with van der Waals surface area (Å²) in [4.78, 5) is 0.